The van der Waals surface area contributed by atoms with Crippen molar-refractivity contribution in [2.45, 2.75) is 19.9 Å². The van der Waals surface area contributed by atoms with Gasteiger partial charge in [0.1, 0.15) is 5.82 Å². The lowest BCUT2D eigenvalue weighted by Crippen LogP contribution is -2.04. The van der Waals surface area contributed by atoms with Crippen LogP contribution in [0.3, 0.4) is 0 Å². The zero-order chi connectivity index (χ0) is 15.1. The molecule has 0 atom stereocenters. The third-order valence-electron chi connectivity index (χ3n) is 3.42. The number of benzene rings is 2. The molecule has 0 bridgehead atoms. The van der Waals surface area contributed by atoms with E-state index in [1.165, 1.54) is 0 Å². The highest BCUT2D eigenvalue weighted by molar-refractivity contribution is 6.31. The topological polar surface area (TPSA) is 43.8 Å². The zero-order valence-corrected chi connectivity index (χ0v) is 13.3. The average Bonchev–Trinajstić information content (AvgIpc) is 2.79. The second-order valence-electron chi connectivity index (χ2n) is 5.26. The van der Waals surface area contributed by atoms with Gasteiger partial charge in [0.25, 0.3) is 0 Å². The molecule has 0 aliphatic rings. The number of hydrogen-bond donors (Lipinski definition) is 1. The monoisotopic (exact) mass is 319 g/mol. The summed E-state index contributed by atoms with van der Waals surface area (Å²) in [6, 6.07) is 11.3. The molecule has 21 heavy (non-hydrogen) atoms. The van der Waals surface area contributed by atoms with Crippen molar-refractivity contribution in [3.8, 4) is 11.4 Å². The maximum absolute atomic E-state index is 6.12. The average molecular weight is 320 g/mol. The Bertz CT molecular complexity index is 822. The first-order chi connectivity index (χ1) is 9.97. The van der Waals surface area contributed by atoms with E-state index in [0.29, 0.717) is 15.7 Å². The van der Waals surface area contributed by atoms with Crippen LogP contribution in [0.15, 0.2) is 36.4 Å². The van der Waals surface area contributed by atoms with E-state index in [4.69, 9.17) is 33.9 Å². The fourth-order valence-corrected chi connectivity index (χ4v) is 2.84. The van der Waals surface area contributed by atoms with Crippen molar-refractivity contribution in [3.63, 3.8) is 0 Å². The van der Waals surface area contributed by atoms with Gasteiger partial charge in [0.2, 0.25) is 0 Å². The first-order valence-corrected chi connectivity index (χ1v) is 7.46. The molecule has 1 aromatic heterocycles. The zero-order valence-electron chi connectivity index (χ0n) is 11.8. The van der Waals surface area contributed by atoms with Crippen LogP contribution in [0.25, 0.3) is 22.4 Å². The molecule has 0 saturated heterocycles. The van der Waals surface area contributed by atoms with Crippen LogP contribution < -0.4 is 5.73 Å². The molecule has 0 saturated carbocycles. The molecule has 2 aromatic carbocycles. The molecule has 3 rings (SSSR count). The predicted molar refractivity (Wildman–Crippen MR) is 90.0 cm³/mol. The van der Waals surface area contributed by atoms with E-state index in [1.807, 2.05) is 24.3 Å². The van der Waals surface area contributed by atoms with E-state index in [9.17, 15) is 0 Å². The fourth-order valence-electron chi connectivity index (χ4n) is 2.50. The van der Waals surface area contributed by atoms with E-state index < -0.39 is 0 Å². The van der Waals surface area contributed by atoms with E-state index in [0.717, 1.165) is 22.4 Å². The van der Waals surface area contributed by atoms with Gasteiger partial charge in [0.05, 0.1) is 11.0 Å². The maximum atomic E-state index is 6.12. The van der Waals surface area contributed by atoms with Crippen molar-refractivity contribution >= 4 is 39.9 Å². The van der Waals surface area contributed by atoms with E-state index >= 15 is 0 Å². The first kappa shape index (κ1) is 14.2. The maximum Gasteiger partial charge on any atom is 0.143 e. The van der Waals surface area contributed by atoms with Gasteiger partial charge in [-0.2, -0.15) is 0 Å². The molecule has 0 spiro atoms. The van der Waals surface area contributed by atoms with Gasteiger partial charge in [-0.15, -0.1) is 0 Å². The number of imidazole rings is 1. The largest absolute Gasteiger partial charge is 0.398 e. The van der Waals surface area contributed by atoms with Crippen LogP contribution in [0.1, 0.15) is 19.9 Å². The van der Waals surface area contributed by atoms with Crippen LogP contribution in [0.4, 0.5) is 5.69 Å². The second-order valence-corrected chi connectivity index (χ2v) is 6.14. The first-order valence-electron chi connectivity index (χ1n) is 6.70. The number of hydrogen-bond acceptors (Lipinski definition) is 2. The highest BCUT2D eigenvalue weighted by Crippen LogP contribution is 2.34. The molecule has 0 aliphatic carbocycles. The second kappa shape index (κ2) is 5.24. The van der Waals surface area contributed by atoms with Crippen molar-refractivity contribution in [2.75, 3.05) is 5.73 Å². The Kier molecular flexibility index (Phi) is 3.56. The molecule has 2 N–H and O–H groups in total. The van der Waals surface area contributed by atoms with Crippen LogP contribution >= 0.6 is 23.2 Å². The predicted octanol–water partition coefficient (Wildman–Crippen LogP) is 5.17. The number of nitrogen functional groups attached to an aromatic ring is 1. The van der Waals surface area contributed by atoms with Gasteiger partial charge in [-0.05, 0) is 50.2 Å². The number of aromatic nitrogens is 2. The van der Waals surface area contributed by atoms with E-state index in [1.54, 1.807) is 12.1 Å². The molecule has 0 unspecified atom stereocenters. The summed E-state index contributed by atoms with van der Waals surface area (Å²) in [7, 11) is 0. The summed E-state index contributed by atoms with van der Waals surface area (Å²) in [5, 5.41) is 1.33. The van der Waals surface area contributed by atoms with Crippen LogP contribution in [-0.2, 0) is 0 Å². The third-order valence-corrected chi connectivity index (χ3v) is 3.89. The molecule has 0 radical (unpaired) electrons. The fraction of sp³-hybridized carbons (Fsp3) is 0.188. The number of nitrogens with zero attached hydrogens (tertiary/aromatic N) is 2. The molecule has 108 valence electrons. The van der Waals surface area contributed by atoms with Crippen molar-refractivity contribution in [3.05, 3.63) is 46.4 Å². The lowest BCUT2D eigenvalue weighted by atomic mass is 10.1. The SMILES string of the molecule is CC(C)n1c(-c2cc(Cl)ccc2N)nc2ccc(Cl)cc21. The Hall–Kier alpha value is -1.71. The minimum absolute atomic E-state index is 0.224. The lowest BCUT2D eigenvalue weighted by molar-refractivity contribution is 0.624. The summed E-state index contributed by atoms with van der Waals surface area (Å²) in [6.45, 7) is 4.21. The standard InChI is InChI=1S/C16H15Cl2N3/c1-9(2)21-15-8-11(18)4-6-14(15)20-16(21)12-7-10(17)3-5-13(12)19/h3-9H,19H2,1-2H3. The Morgan fingerprint density at radius 2 is 1.71 bits per heavy atom. The van der Waals surface area contributed by atoms with Gasteiger partial charge in [-0.3, -0.25) is 0 Å². The molecule has 0 amide bonds. The van der Waals surface area contributed by atoms with Crippen molar-refractivity contribution in [1.29, 1.82) is 0 Å². The molecule has 0 aliphatic heterocycles. The van der Waals surface area contributed by atoms with Gasteiger partial charge in [0.15, 0.2) is 0 Å². The molecule has 5 heteroatoms. The van der Waals surface area contributed by atoms with Crippen LogP contribution in [0.5, 0.6) is 0 Å². The Morgan fingerprint density at radius 1 is 1.05 bits per heavy atom. The Balaban J connectivity index is 2.36. The summed E-state index contributed by atoms with van der Waals surface area (Å²) in [5.41, 5.74) is 9.48. The number of nitrogens with two attached hydrogens (primary N) is 1. The van der Waals surface area contributed by atoms with Gasteiger partial charge < -0.3 is 10.3 Å². The minimum Gasteiger partial charge on any atom is -0.398 e. The van der Waals surface area contributed by atoms with Gasteiger partial charge in [0, 0.05) is 27.3 Å². The van der Waals surface area contributed by atoms with E-state index in [2.05, 4.69) is 18.4 Å². The van der Waals surface area contributed by atoms with Crippen molar-refractivity contribution in [2.24, 2.45) is 0 Å². The summed E-state index contributed by atoms with van der Waals surface area (Å²) in [4.78, 5) is 4.71. The highest BCUT2D eigenvalue weighted by atomic mass is 35.5. The van der Waals surface area contributed by atoms with E-state index in [-0.39, 0.29) is 6.04 Å². The molecular formula is C16H15Cl2N3. The Labute approximate surface area is 133 Å². The smallest absolute Gasteiger partial charge is 0.143 e. The lowest BCUT2D eigenvalue weighted by Gasteiger charge is -2.14. The van der Waals surface area contributed by atoms with Crippen molar-refractivity contribution in [1.82, 2.24) is 9.55 Å². The minimum atomic E-state index is 0.224. The highest BCUT2D eigenvalue weighted by Gasteiger charge is 2.17. The van der Waals surface area contributed by atoms with Gasteiger partial charge in [-0.25, -0.2) is 4.98 Å². The van der Waals surface area contributed by atoms with Crippen LogP contribution in [-0.4, -0.2) is 9.55 Å². The summed E-state index contributed by atoms with van der Waals surface area (Å²) >= 11 is 12.2. The molecule has 3 aromatic rings. The van der Waals surface area contributed by atoms with Gasteiger partial charge >= 0.3 is 0 Å². The van der Waals surface area contributed by atoms with Crippen LogP contribution in [0.2, 0.25) is 10.0 Å². The number of rotatable bonds is 2. The number of halogens is 2. The van der Waals surface area contributed by atoms with Gasteiger partial charge in [-0.1, -0.05) is 23.2 Å². The number of fused-ring (bicyclic) bond motifs is 1. The normalized spacial score (nSPS) is 11.5. The summed E-state index contributed by atoms with van der Waals surface area (Å²) in [5.74, 6) is 0.808. The third kappa shape index (κ3) is 2.47. The number of anilines is 1. The Morgan fingerprint density at radius 3 is 2.43 bits per heavy atom. The quantitative estimate of drug-likeness (QED) is 0.662. The molecule has 1 heterocycles. The molecular weight excluding hydrogens is 305 g/mol. The van der Waals surface area contributed by atoms with Crippen molar-refractivity contribution < 1.29 is 0 Å². The van der Waals surface area contributed by atoms with Crippen LogP contribution in [0, 0.1) is 0 Å². The summed E-state index contributed by atoms with van der Waals surface area (Å²) in [6.07, 6.45) is 0. The summed E-state index contributed by atoms with van der Waals surface area (Å²) < 4.78 is 2.13. The molecule has 3 nitrogen and oxygen atoms in total. The molecule has 0 fully saturated rings.